The van der Waals surface area contributed by atoms with Crippen molar-refractivity contribution in [2.75, 3.05) is 7.11 Å². The van der Waals surface area contributed by atoms with Crippen molar-refractivity contribution in [3.63, 3.8) is 0 Å². The molecule has 3 rings (SSSR count). The summed E-state index contributed by atoms with van der Waals surface area (Å²) in [5.74, 6) is 0.158. The van der Waals surface area contributed by atoms with Crippen LogP contribution in [-0.2, 0) is 22.6 Å². The van der Waals surface area contributed by atoms with E-state index in [-0.39, 0.29) is 18.5 Å². The van der Waals surface area contributed by atoms with E-state index in [9.17, 15) is 4.79 Å². The van der Waals surface area contributed by atoms with Crippen molar-refractivity contribution in [1.82, 2.24) is 15.0 Å². The van der Waals surface area contributed by atoms with Crippen molar-refractivity contribution < 1.29 is 14.3 Å². The highest BCUT2D eigenvalue weighted by Gasteiger charge is 2.17. The molecular weight excluding hydrogens is 481 g/mol. The fraction of sp³-hybridized carbons (Fsp3) is 0.318. The van der Waals surface area contributed by atoms with Gasteiger partial charge in [0.1, 0.15) is 18.1 Å². The molecule has 1 aromatic heterocycles. The van der Waals surface area contributed by atoms with Crippen LogP contribution in [0.3, 0.4) is 0 Å². The SMILES string of the molecule is COc1ccc(-n2cc(COC(=O)C(C)c3ccc(CC(C)I)cc3)nn2)cc1. The van der Waals surface area contributed by atoms with Crippen molar-refractivity contribution in [2.24, 2.45) is 0 Å². The molecule has 2 unspecified atom stereocenters. The molecule has 0 spiro atoms. The predicted molar refractivity (Wildman–Crippen MR) is 120 cm³/mol. The molecule has 7 heteroatoms. The van der Waals surface area contributed by atoms with E-state index in [1.807, 2.05) is 43.3 Å². The van der Waals surface area contributed by atoms with Crippen molar-refractivity contribution >= 4 is 28.6 Å². The Bertz CT molecular complexity index is 937. The number of nitrogens with zero attached hydrogens (tertiary/aromatic N) is 3. The summed E-state index contributed by atoms with van der Waals surface area (Å²) in [6.45, 7) is 4.12. The minimum absolute atomic E-state index is 0.0871. The van der Waals surface area contributed by atoms with Gasteiger partial charge in [0.2, 0.25) is 0 Å². The molecule has 0 saturated heterocycles. The van der Waals surface area contributed by atoms with Gasteiger partial charge in [0, 0.05) is 3.92 Å². The van der Waals surface area contributed by atoms with E-state index in [4.69, 9.17) is 9.47 Å². The van der Waals surface area contributed by atoms with E-state index in [2.05, 4.69) is 52.0 Å². The van der Waals surface area contributed by atoms with Crippen LogP contribution < -0.4 is 4.74 Å². The largest absolute Gasteiger partial charge is 0.497 e. The number of benzene rings is 2. The molecule has 0 N–H and O–H groups in total. The topological polar surface area (TPSA) is 66.2 Å². The standard InChI is InChI=1S/C22H24IN3O3/c1-15(23)12-17-4-6-18(7-5-17)16(2)22(27)29-14-19-13-26(25-24-19)20-8-10-21(28-3)11-9-20/h4-11,13,15-16H,12,14H2,1-3H3. The lowest BCUT2D eigenvalue weighted by atomic mass is 9.99. The number of methoxy groups -OCH3 is 1. The Morgan fingerprint density at radius 2 is 1.79 bits per heavy atom. The number of rotatable bonds is 8. The number of hydrogen-bond donors (Lipinski definition) is 0. The normalized spacial score (nSPS) is 13.0. The third kappa shape index (κ3) is 5.79. The van der Waals surface area contributed by atoms with Crippen LogP contribution in [-0.4, -0.2) is 32.0 Å². The second-order valence-corrected chi connectivity index (χ2v) is 9.03. The zero-order valence-corrected chi connectivity index (χ0v) is 18.9. The molecule has 152 valence electrons. The van der Waals surface area contributed by atoms with Crippen LogP contribution >= 0.6 is 22.6 Å². The number of alkyl halides is 1. The predicted octanol–water partition coefficient (Wildman–Crippen LogP) is 4.49. The quantitative estimate of drug-likeness (QED) is 0.257. The summed E-state index contributed by atoms with van der Waals surface area (Å²) < 4.78 is 12.8. The number of esters is 1. The van der Waals surface area contributed by atoms with Gasteiger partial charge in [-0.25, -0.2) is 4.68 Å². The van der Waals surface area contributed by atoms with Crippen LogP contribution in [0.2, 0.25) is 0 Å². The van der Waals surface area contributed by atoms with E-state index in [1.165, 1.54) is 5.56 Å². The van der Waals surface area contributed by atoms with Gasteiger partial charge in [-0.2, -0.15) is 0 Å². The van der Waals surface area contributed by atoms with Gasteiger partial charge in [-0.15, -0.1) is 5.10 Å². The minimum atomic E-state index is -0.335. The first-order valence-corrected chi connectivity index (χ1v) is 10.7. The van der Waals surface area contributed by atoms with E-state index >= 15 is 0 Å². The van der Waals surface area contributed by atoms with Crippen molar-refractivity contribution in [2.45, 2.75) is 36.7 Å². The summed E-state index contributed by atoms with van der Waals surface area (Å²) in [5, 5.41) is 8.17. The van der Waals surface area contributed by atoms with E-state index in [0.717, 1.165) is 23.4 Å². The number of aromatic nitrogens is 3. The van der Waals surface area contributed by atoms with Crippen LogP contribution in [0.4, 0.5) is 0 Å². The molecule has 0 radical (unpaired) electrons. The molecule has 3 aromatic rings. The summed E-state index contributed by atoms with van der Waals surface area (Å²) in [6, 6.07) is 15.6. The lowest BCUT2D eigenvalue weighted by Crippen LogP contribution is -2.13. The first-order valence-electron chi connectivity index (χ1n) is 9.41. The van der Waals surface area contributed by atoms with Gasteiger partial charge < -0.3 is 9.47 Å². The second kappa shape index (κ2) is 9.87. The highest BCUT2D eigenvalue weighted by Crippen LogP contribution is 2.20. The third-order valence-corrected chi connectivity index (χ3v) is 5.03. The van der Waals surface area contributed by atoms with Crippen molar-refractivity contribution in [3.05, 3.63) is 71.5 Å². The Labute approximate surface area is 184 Å². The van der Waals surface area contributed by atoms with Crippen molar-refractivity contribution in [1.29, 1.82) is 0 Å². The second-order valence-electron chi connectivity index (χ2n) is 6.91. The molecule has 0 aliphatic carbocycles. The summed E-state index contributed by atoms with van der Waals surface area (Å²) in [6.07, 6.45) is 2.77. The molecule has 6 nitrogen and oxygen atoms in total. The van der Waals surface area contributed by atoms with Gasteiger partial charge in [-0.3, -0.25) is 4.79 Å². The first-order chi connectivity index (χ1) is 14.0. The number of ether oxygens (including phenoxy) is 2. The Hall–Kier alpha value is -2.42. The summed E-state index contributed by atoms with van der Waals surface area (Å²) in [4.78, 5) is 12.4. The smallest absolute Gasteiger partial charge is 0.313 e. The van der Waals surface area contributed by atoms with Gasteiger partial charge in [0.15, 0.2) is 0 Å². The first kappa shape index (κ1) is 21.3. The summed E-state index contributed by atoms with van der Waals surface area (Å²) in [5.41, 5.74) is 3.66. The molecule has 0 bridgehead atoms. The van der Waals surface area contributed by atoms with Gasteiger partial charge in [0.05, 0.1) is 24.9 Å². The maximum absolute atomic E-state index is 12.4. The highest BCUT2D eigenvalue weighted by molar-refractivity contribution is 14.1. The van der Waals surface area contributed by atoms with Crippen LogP contribution in [0, 0.1) is 0 Å². The zero-order valence-electron chi connectivity index (χ0n) is 16.7. The monoisotopic (exact) mass is 505 g/mol. The molecule has 29 heavy (non-hydrogen) atoms. The van der Waals surface area contributed by atoms with Crippen LogP contribution in [0.1, 0.15) is 36.6 Å². The van der Waals surface area contributed by atoms with Gasteiger partial charge >= 0.3 is 5.97 Å². The van der Waals surface area contributed by atoms with Gasteiger partial charge in [0.25, 0.3) is 0 Å². The molecule has 0 saturated carbocycles. The molecule has 0 aliphatic rings. The Kier molecular flexibility index (Phi) is 7.24. The van der Waals surface area contributed by atoms with Crippen LogP contribution in [0.15, 0.2) is 54.7 Å². The zero-order chi connectivity index (χ0) is 20.8. The average Bonchev–Trinajstić information content (AvgIpc) is 3.21. The maximum atomic E-state index is 12.4. The molecule has 1 heterocycles. The minimum Gasteiger partial charge on any atom is -0.497 e. The number of hydrogen-bond acceptors (Lipinski definition) is 5. The van der Waals surface area contributed by atoms with Crippen LogP contribution in [0.5, 0.6) is 5.75 Å². The number of halogens is 1. The van der Waals surface area contributed by atoms with Gasteiger partial charge in [-0.1, -0.05) is 59.0 Å². The van der Waals surface area contributed by atoms with E-state index in [1.54, 1.807) is 18.0 Å². The lowest BCUT2D eigenvalue weighted by Gasteiger charge is -2.12. The summed E-state index contributed by atoms with van der Waals surface area (Å²) >= 11 is 2.41. The molecule has 0 amide bonds. The van der Waals surface area contributed by atoms with E-state index in [0.29, 0.717) is 9.62 Å². The Morgan fingerprint density at radius 3 is 2.41 bits per heavy atom. The third-order valence-electron chi connectivity index (χ3n) is 4.59. The molecule has 2 atom stereocenters. The maximum Gasteiger partial charge on any atom is 0.313 e. The van der Waals surface area contributed by atoms with Gasteiger partial charge in [-0.05, 0) is 48.7 Å². The number of carbonyl (C=O) groups is 1. The summed E-state index contributed by atoms with van der Waals surface area (Å²) in [7, 11) is 1.62. The van der Waals surface area contributed by atoms with Crippen LogP contribution in [0.25, 0.3) is 5.69 Å². The Balaban J connectivity index is 1.56. The van der Waals surface area contributed by atoms with E-state index < -0.39 is 0 Å². The lowest BCUT2D eigenvalue weighted by molar-refractivity contribution is -0.146. The molecular formula is C22H24IN3O3. The highest BCUT2D eigenvalue weighted by atomic mass is 127. The molecule has 0 fully saturated rings. The fourth-order valence-corrected chi connectivity index (χ4v) is 3.41. The van der Waals surface area contributed by atoms with Crippen molar-refractivity contribution in [3.8, 4) is 11.4 Å². The average molecular weight is 505 g/mol. The molecule has 2 aromatic carbocycles. The Morgan fingerprint density at radius 1 is 1.10 bits per heavy atom. The number of carbonyl (C=O) groups excluding carboxylic acids is 1. The fourth-order valence-electron chi connectivity index (χ4n) is 2.90. The molecule has 0 aliphatic heterocycles.